The van der Waals surface area contributed by atoms with Crippen LogP contribution in [0.25, 0.3) is 0 Å². The van der Waals surface area contributed by atoms with Crippen molar-refractivity contribution in [1.82, 2.24) is 4.98 Å². The molecule has 0 saturated heterocycles. The van der Waals surface area contributed by atoms with Crippen LogP contribution in [0.4, 0.5) is 14.6 Å². The molecule has 0 spiro atoms. The van der Waals surface area contributed by atoms with Crippen molar-refractivity contribution in [2.24, 2.45) is 0 Å². The number of nitriles is 1. The van der Waals surface area contributed by atoms with Gasteiger partial charge in [-0.3, -0.25) is 0 Å². The fourth-order valence-corrected chi connectivity index (χ4v) is 1.97. The van der Waals surface area contributed by atoms with E-state index in [9.17, 15) is 8.78 Å². The lowest BCUT2D eigenvalue weighted by Crippen LogP contribution is -2.02. The van der Waals surface area contributed by atoms with Gasteiger partial charge in [0.25, 0.3) is 5.88 Å². The van der Waals surface area contributed by atoms with Crippen molar-refractivity contribution in [3.8, 4) is 17.7 Å². The molecule has 0 unspecified atom stereocenters. The zero-order valence-corrected chi connectivity index (χ0v) is 11.8. The summed E-state index contributed by atoms with van der Waals surface area (Å²) < 4.78 is 32.6. The lowest BCUT2D eigenvalue weighted by molar-refractivity contribution is 0.413. The number of anilines is 1. The number of hydrogen-bond acceptors (Lipinski definition) is 4. The number of aromatic nitrogens is 1. The summed E-state index contributed by atoms with van der Waals surface area (Å²) in [6.45, 7) is 3.48. The van der Waals surface area contributed by atoms with Gasteiger partial charge in [0.1, 0.15) is 5.75 Å². The second-order valence-electron chi connectivity index (χ2n) is 4.51. The van der Waals surface area contributed by atoms with E-state index in [1.165, 1.54) is 7.05 Å². The number of benzene rings is 1. The highest BCUT2D eigenvalue weighted by Gasteiger charge is 2.15. The number of hydrogen-bond donors (Lipinski definition) is 1. The maximum Gasteiger partial charge on any atom is 0.258 e. The summed E-state index contributed by atoms with van der Waals surface area (Å²) in [5, 5.41) is 11.4. The summed E-state index contributed by atoms with van der Waals surface area (Å²) in [7, 11) is 1.48. The maximum absolute atomic E-state index is 13.8. The molecule has 0 fully saturated rings. The molecule has 0 aliphatic carbocycles. The Balaban J connectivity index is 2.46. The number of halogens is 2. The topological polar surface area (TPSA) is 57.9 Å². The Morgan fingerprint density at radius 2 is 1.76 bits per heavy atom. The van der Waals surface area contributed by atoms with Gasteiger partial charge in [-0.15, -0.1) is 0 Å². The SMILES string of the molecule is CNc1nc(Oc2c(C)cc(C#N)cc2C)c(F)cc1F. The minimum atomic E-state index is -0.894. The van der Waals surface area contributed by atoms with Crippen LogP contribution in [0.5, 0.6) is 11.6 Å². The molecule has 108 valence electrons. The Bertz CT molecular complexity index is 715. The minimum absolute atomic E-state index is 0.102. The zero-order chi connectivity index (χ0) is 15.6. The molecule has 0 amide bonds. The lowest BCUT2D eigenvalue weighted by Gasteiger charge is -2.13. The number of nitrogens with one attached hydrogen (secondary N) is 1. The number of ether oxygens (including phenoxy) is 1. The van der Waals surface area contributed by atoms with Gasteiger partial charge in [-0.1, -0.05) is 0 Å². The Morgan fingerprint density at radius 1 is 1.14 bits per heavy atom. The summed E-state index contributed by atoms with van der Waals surface area (Å²) >= 11 is 0. The predicted molar refractivity (Wildman–Crippen MR) is 74.4 cm³/mol. The van der Waals surface area contributed by atoms with Crippen LogP contribution in [0.15, 0.2) is 18.2 Å². The second-order valence-corrected chi connectivity index (χ2v) is 4.51. The van der Waals surface area contributed by atoms with E-state index < -0.39 is 11.6 Å². The summed E-state index contributed by atoms with van der Waals surface area (Å²) in [5.74, 6) is -1.72. The molecule has 0 atom stereocenters. The van der Waals surface area contributed by atoms with Crippen molar-refractivity contribution >= 4 is 5.82 Å². The van der Waals surface area contributed by atoms with Gasteiger partial charge in [-0.25, -0.2) is 8.78 Å². The fourth-order valence-electron chi connectivity index (χ4n) is 1.97. The van der Waals surface area contributed by atoms with Crippen LogP contribution in [0.1, 0.15) is 16.7 Å². The quantitative estimate of drug-likeness (QED) is 0.936. The average molecular weight is 289 g/mol. The van der Waals surface area contributed by atoms with Crippen molar-refractivity contribution in [1.29, 1.82) is 5.26 Å². The third-order valence-electron chi connectivity index (χ3n) is 2.92. The van der Waals surface area contributed by atoms with Gasteiger partial charge in [0.05, 0.1) is 11.6 Å². The normalized spacial score (nSPS) is 10.1. The van der Waals surface area contributed by atoms with Gasteiger partial charge < -0.3 is 10.1 Å². The van der Waals surface area contributed by atoms with Crippen LogP contribution in [0.3, 0.4) is 0 Å². The van der Waals surface area contributed by atoms with Crippen LogP contribution < -0.4 is 10.1 Å². The third-order valence-corrected chi connectivity index (χ3v) is 2.92. The molecule has 0 aliphatic heterocycles. The largest absolute Gasteiger partial charge is 0.436 e. The molecule has 1 aromatic heterocycles. The van der Waals surface area contributed by atoms with E-state index in [1.54, 1.807) is 26.0 Å². The first-order valence-electron chi connectivity index (χ1n) is 6.19. The fraction of sp³-hybridized carbons (Fsp3) is 0.200. The molecule has 0 bridgehead atoms. The van der Waals surface area contributed by atoms with Gasteiger partial charge in [0, 0.05) is 13.1 Å². The molecule has 1 aromatic carbocycles. The number of pyridine rings is 1. The molecular formula is C15H13F2N3O. The Morgan fingerprint density at radius 3 is 2.29 bits per heavy atom. The van der Waals surface area contributed by atoms with Gasteiger partial charge in [0.15, 0.2) is 17.5 Å². The van der Waals surface area contributed by atoms with Gasteiger partial charge in [-0.2, -0.15) is 10.2 Å². The Labute approximate surface area is 121 Å². The molecular weight excluding hydrogens is 276 g/mol. The molecule has 2 rings (SSSR count). The van der Waals surface area contributed by atoms with Gasteiger partial charge >= 0.3 is 0 Å². The number of aryl methyl sites for hydroxylation is 2. The van der Waals surface area contributed by atoms with Crippen LogP contribution in [0, 0.1) is 36.8 Å². The molecule has 1 N–H and O–H groups in total. The van der Waals surface area contributed by atoms with E-state index in [0.29, 0.717) is 28.5 Å². The summed E-state index contributed by atoms with van der Waals surface area (Å²) in [5.41, 5.74) is 1.83. The van der Waals surface area contributed by atoms with Crippen molar-refractivity contribution in [3.05, 3.63) is 46.5 Å². The Hall–Kier alpha value is -2.68. The van der Waals surface area contributed by atoms with Crippen molar-refractivity contribution in [2.75, 3.05) is 12.4 Å². The van der Waals surface area contributed by atoms with Gasteiger partial charge in [-0.05, 0) is 37.1 Å². The summed E-state index contributed by atoms with van der Waals surface area (Å²) in [4.78, 5) is 3.76. The first-order valence-corrected chi connectivity index (χ1v) is 6.19. The lowest BCUT2D eigenvalue weighted by atomic mass is 10.1. The Kier molecular flexibility index (Phi) is 4.03. The van der Waals surface area contributed by atoms with E-state index in [0.717, 1.165) is 0 Å². The highest BCUT2D eigenvalue weighted by atomic mass is 19.1. The summed E-state index contributed by atoms with van der Waals surface area (Å²) in [6, 6.07) is 6.00. The number of rotatable bonds is 3. The van der Waals surface area contributed by atoms with Crippen molar-refractivity contribution in [2.45, 2.75) is 13.8 Å². The van der Waals surface area contributed by atoms with Crippen molar-refractivity contribution in [3.63, 3.8) is 0 Å². The average Bonchev–Trinajstić information content (AvgIpc) is 2.44. The smallest absolute Gasteiger partial charge is 0.258 e. The first-order chi connectivity index (χ1) is 9.96. The van der Waals surface area contributed by atoms with Crippen LogP contribution in [-0.2, 0) is 0 Å². The highest BCUT2D eigenvalue weighted by molar-refractivity contribution is 5.49. The van der Waals surface area contributed by atoms with E-state index in [2.05, 4.69) is 10.3 Å². The van der Waals surface area contributed by atoms with Crippen molar-refractivity contribution < 1.29 is 13.5 Å². The van der Waals surface area contributed by atoms with Crippen LogP contribution in [0.2, 0.25) is 0 Å². The van der Waals surface area contributed by atoms with E-state index in [4.69, 9.17) is 10.00 Å². The summed E-state index contributed by atoms with van der Waals surface area (Å²) in [6.07, 6.45) is 0. The molecule has 6 heteroatoms. The molecule has 21 heavy (non-hydrogen) atoms. The molecule has 0 saturated carbocycles. The van der Waals surface area contributed by atoms with Crippen LogP contribution >= 0.6 is 0 Å². The molecule has 1 heterocycles. The number of nitrogens with zero attached hydrogens (tertiary/aromatic N) is 2. The third kappa shape index (κ3) is 2.92. The first kappa shape index (κ1) is 14.7. The standard InChI is InChI=1S/C15H13F2N3O/c1-8-4-10(7-18)5-9(2)13(8)21-15-12(17)6-11(16)14(19-3)20-15/h4-6H,1-3H3,(H,19,20). The predicted octanol–water partition coefficient (Wildman–Crippen LogP) is 3.68. The second kappa shape index (κ2) is 5.75. The zero-order valence-electron chi connectivity index (χ0n) is 11.8. The highest BCUT2D eigenvalue weighted by Crippen LogP contribution is 2.31. The molecule has 4 nitrogen and oxygen atoms in total. The molecule has 2 aromatic rings. The molecule has 0 aliphatic rings. The van der Waals surface area contributed by atoms with Crippen LogP contribution in [-0.4, -0.2) is 12.0 Å². The van der Waals surface area contributed by atoms with E-state index in [1.807, 2.05) is 6.07 Å². The van der Waals surface area contributed by atoms with E-state index in [-0.39, 0.29) is 11.7 Å². The van der Waals surface area contributed by atoms with E-state index >= 15 is 0 Å². The van der Waals surface area contributed by atoms with Gasteiger partial charge in [0.2, 0.25) is 0 Å². The maximum atomic E-state index is 13.8. The monoisotopic (exact) mass is 289 g/mol. The molecule has 0 radical (unpaired) electrons. The minimum Gasteiger partial charge on any atom is -0.436 e.